The summed E-state index contributed by atoms with van der Waals surface area (Å²) in [7, 11) is 0. The first-order valence-electron chi connectivity index (χ1n) is 6.14. The van der Waals surface area contributed by atoms with Crippen LogP contribution >= 0.6 is 0 Å². The fourth-order valence-electron chi connectivity index (χ4n) is 2.13. The molecule has 96 valence electrons. The molecule has 0 aliphatic heterocycles. The molecule has 5 nitrogen and oxygen atoms in total. The molecule has 0 spiro atoms. The lowest BCUT2D eigenvalue weighted by Crippen LogP contribution is -2.09. The van der Waals surface area contributed by atoms with E-state index in [9.17, 15) is 0 Å². The van der Waals surface area contributed by atoms with Crippen LogP contribution < -0.4 is 16.8 Å². The van der Waals surface area contributed by atoms with Gasteiger partial charge in [0.15, 0.2) is 0 Å². The fraction of sp³-hybridized carbons (Fsp3) is 0.143. The molecule has 0 bridgehead atoms. The molecule has 1 aliphatic rings. The minimum Gasteiger partial charge on any atom is -0.384 e. The second-order valence-corrected chi connectivity index (χ2v) is 4.51. The monoisotopic (exact) mass is 253 g/mol. The Labute approximate surface area is 111 Å². The molecule has 5 N–H and O–H groups in total. The molecule has 0 radical (unpaired) electrons. The van der Waals surface area contributed by atoms with Crippen molar-refractivity contribution in [3.8, 4) is 0 Å². The summed E-state index contributed by atoms with van der Waals surface area (Å²) < 4.78 is 0. The number of hydrogen-bond donors (Lipinski definition) is 3. The molecule has 5 heteroatoms. The van der Waals surface area contributed by atoms with Crippen LogP contribution in [0.3, 0.4) is 0 Å². The zero-order chi connectivity index (χ0) is 13.2. The maximum Gasteiger partial charge on any atom is 0.222 e. The molecule has 1 aromatic heterocycles. The summed E-state index contributed by atoms with van der Waals surface area (Å²) in [6, 6.07) is 5.81. The van der Waals surface area contributed by atoms with Gasteiger partial charge in [-0.25, -0.2) is 4.98 Å². The van der Waals surface area contributed by atoms with Crippen molar-refractivity contribution in [2.75, 3.05) is 23.3 Å². The van der Waals surface area contributed by atoms with E-state index in [1.807, 2.05) is 18.2 Å². The van der Waals surface area contributed by atoms with Crippen molar-refractivity contribution in [3.63, 3.8) is 0 Å². The smallest absolute Gasteiger partial charge is 0.222 e. The van der Waals surface area contributed by atoms with E-state index in [4.69, 9.17) is 11.5 Å². The van der Waals surface area contributed by atoms with Crippen molar-refractivity contribution < 1.29 is 0 Å². The van der Waals surface area contributed by atoms with Crippen LogP contribution in [-0.4, -0.2) is 16.5 Å². The van der Waals surface area contributed by atoms with Gasteiger partial charge in [-0.15, -0.1) is 0 Å². The van der Waals surface area contributed by atoms with Crippen molar-refractivity contribution in [2.45, 2.75) is 0 Å². The van der Waals surface area contributed by atoms with Gasteiger partial charge in [-0.05, 0) is 18.2 Å². The summed E-state index contributed by atoms with van der Waals surface area (Å²) in [5.41, 5.74) is 13.2. The first kappa shape index (κ1) is 11.5. The first-order valence-corrected chi connectivity index (χ1v) is 6.14. The largest absolute Gasteiger partial charge is 0.384 e. The standard InChI is InChI=1S/C14H15N5/c15-13-11-7-10(17-8-9-3-1-2-4-9)5-6-12(11)18-14(16)19-13/h1-7,9,17H,8H2,(H4,15,16,18,19). The fourth-order valence-corrected chi connectivity index (χ4v) is 2.13. The molecule has 0 atom stereocenters. The minimum absolute atomic E-state index is 0.201. The van der Waals surface area contributed by atoms with Gasteiger partial charge in [-0.2, -0.15) is 4.98 Å². The highest BCUT2D eigenvalue weighted by atomic mass is 15.0. The molecule has 1 heterocycles. The van der Waals surface area contributed by atoms with E-state index in [1.54, 1.807) is 0 Å². The van der Waals surface area contributed by atoms with Crippen LogP contribution in [0.4, 0.5) is 17.5 Å². The molecule has 0 unspecified atom stereocenters. The molecule has 1 aromatic carbocycles. The van der Waals surface area contributed by atoms with Gasteiger partial charge in [0.05, 0.1) is 5.52 Å². The molecule has 0 saturated carbocycles. The van der Waals surface area contributed by atoms with Crippen molar-refractivity contribution >= 4 is 28.4 Å². The lowest BCUT2D eigenvalue weighted by molar-refractivity contribution is 0.871. The maximum absolute atomic E-state index is 5.86. The van der Waals surface area contributed by atoms with E-state index < -0.39 is 0 Å². The van der Waals surface area contributed by atoms with Crippen molar-refractivity contribution in [2.24, 2.45) is 5.92 Å². The Morgan fingerprint density at radius 2 is 1.89 bits per heavy atom. The van der Waals surface area contributed by atoms with Gasteiger partial charge in [-0.1, -0.05) is 24.3 Å². The molecule has 19 heavy (non-hydrogen) atoms. The van der Waals surface area contributed by atoms with Crippen LogP contribution in [0.15, 0.2) is 42.5 Å². The number of hydrogen-bond acceptors (Lipinski definition) is 5. The summed E-state index contributed by atoms with van der Waals surface area (Å²) in [5.74, 6) is 1.05. The van der Waals surface area contributed by atoms with E-state index >= 15 is 0 Å². The topological polar surface area (TPSA) is 89.8 Å². The number of nitrogen functional groups attached to an aromatic ring is 2. The van der Waals surface area contributed by atoms with Gasteiger partial charge in [0, 0.05) is 23.5 Å². The van der Waals surface area contributed by atoms with Gasteiger partial charge in [0.25, 0.3) is 0 Å². The van der Waals surface area contributed by atoms with E-state index in [1.165, 1.54) is 0 Å². The molecular weight excluding hydrogens is 238 g/mol. The van der Waals surface area contributed by atoms with Gasteiger partial charge >= 0.3 is 0 Å². The Morgan fingerprint density at radius 3 is 2.68 bits per heavy atom. The quantitative estimate of drug-likeness (QED) is 0.777. The zero-order valence-corrected chi connectivity index (χ0v) is 10.4. The minimum atomic E-state index is 0.201. The molecule has 2 aromatic rings. The van der Waals surface area contributed by atoms with E-state index in [0.29, 0.717) is 11.7 Å². The van der Waals surface area contributed by atoms with Crippen LogP contribution in [0.1, 0.15) is 0 Å². The highest BCUT2D eigenvalue weighted by Crippen LogP contribution is 2.23. The van der Waals surface area contributed by atoms with Gasteiger partial charge in [0.1, 0.15) is 5.82 Å². The molecule has 0 saturated heterocycles. The number of rotatable bonds is 3. The first-order chi connectivity index (χ1) is 9.22. The lowest BCUT2D eigenvalue weighted by Gasteiger charge is -2.10. The van der Waals surface area contributed by atoms with Crippen LogP contribution in [0, 0.1) is 5.92 Å². The Balaban J connectivity index is 1.84. The van der Waals surface area contributed by atoms with Crippen LogP contribution in [0.5, 0.6) is 0 Å². The predicted molar refractivity (Wildman–Crippen MR) is 78.6 cm³/mol. The number of allylic oxidation sites excluding steroid dienone is 2. The zero-order valence-electron chi connectivity index (χ0n) is 10.4. The van der Waals surface area contributed by atoms with E-state index in [0.717, 1.165) is 23.1 Å². The summed E-state index contributed by atoms with van der Waals surface area (Å²) in [4.78, 5) is 8.13. The number of nitrogens with one attached hydrogen (secondary N) is 1. The molecule has 0 fully saturated rings. The number of aromatic nitrogens is 2. The third kappa shape index (κ3) is 2.35. The summed E-state index contributed by atoms with van der Waals surface area (Å²) in [6.45, 7) is 0.855. The summed E-state index contributed by atoms with van der Waals surface area (Å²) >= 11 is 0. The van der Waals surface area contributed by atoms with Crippen molar-refractivity contribution in [3.05, 3.63) is 42.5 Å². The summed E-state index contributed by atoms with van der Waals surface area (Å²) in [6.07, 6.45) is 8.43. The Morgan fingerprint density at radius 1 is 1.11 bits per heavy atom. The maximum atomic E-state index is 5.86. The lowest BCUT2D eigenvalue weighted by atomic mass is 10.1. The van der Waals surface area contributed by atoms with Crippen LogP contribution in [-0.2, 0) is 0 Å². The van der Waals surface area contributed by atoms with Gasteiger partial charge in [-0.3, -0.25) is 0 Å². The Kier molecular flexibility index (Phi) is 2.79. The highest BCUT2D eigenvalue weighted by molar-refractivity contribution is 5.91. The molecule has 1 aliphatic carbocycles. The van der Waals surface area contributed by atoms with E-state index in [2.05, 4.69) is 39.6 Å². The second-order valence-electron chi connectivity index (χ2n) is 4.51. The third-order valence-electron chi connectivity index (χ3n) is 3.11. The predicted octanol–water partition coefficient (Wildman–Crippen LogP) is 1.95. The van der Waals surface area contributed by atoms with Crippen molar-refractivity contribution in [1.82, 2.24) is 9.97 Å². The highest BCUT2D eigenvalue weighted by Gasteiger charge is 2.06. The normalized spacial score (nSPS) is 14.3. The number of nitrogens with zero attached hydrogens (tertiary/aromatic N) is 2. The second kappa shape index (κ2) is 4.61. The van der Waals surface area contributed by atoms with Gasteiger partial charge in [0.2, 0.25) is 5.95 Å². The average Bonchev–Trinajstić information content (AvgIpc) is 2.89. The number of nitrogens with two attached hydrogens (primary N) is 2. The third-order valence-corrected chi connectivity index (χ3v) is 3.11. The Bertz CT molecular complexity index is 663. The Hall–Kier alpha value is -2.56. The van der Waals surface area contributed by atoms with Gasteiger partial charge < -0.3 is 16.8 Å². The number of anilines is 3. The van der Waals surface area contributed by atoms with Crippen LogP contribution in [0.25, 0.3) is 10.9 Å². The average molecular weight is 253 g/mol. The molecule has 3 rings (SSSR count). The van der Waals surface area contributed by atoms with Crippen LogP contribution in [0.2, 0.25) is 0 Å². The van der Waals surface area contributed by atoms with E-state index in [-0.39, 0.29) is 5.95 Å². The summed E-state index contributed by atoms with van der Waals surface area (Å²) in [5, 5.41) is 4.19. The van der Waals surface area contributed by atoms with Crippen molar-refractivity contribution in [1.29, 1.82) is 0 Å². The molecule has 0 amide bonds. The number of benzene rings is 1. The SMILES string of the molecule is Nc1nc(N)c2cc(NCC3C=CC=C3)ccc2n1. The molecular formula is C14H15N5. The number of fused-ring (bicyclic) bond motifs is 1.